The first-order chi connectivity index (χ1) is 33.5. The number of aromatic nitrogens is 2. The molecular formula is C54H74N4O13. The Balaban J connectivity index is 1.31. The average Bonchev–Trinajstić information content (AvgIpc) is 3.67. The van der Waals surface area contributed by atoms with Crippen molar-refractivity contribution in [2.45, 2.75) is 214 Å². The number of pyridine rings is 2. The van der Waals surface area contributed by atoms with Crippen LogP contribution in [0.5, 0.6) is 5.75 Å². The molecule has 0 saturated carbocycles. The number of rotatable bonds is 24. The molecule has 3 aromatic rings. The summed E-state index contributed by atoms with van der Waals surface area (Å²) in [6, 6.07) is 4.91. The molecule has 2 N–H and O–H groups in total. The zero-order valence-electron chi connectivity index (χ0n) is 43.4. The molecule has 2 unspecified atom stereocenters. The lowest BCUT2D eigenvalue weighted by Crippen LogP contribution is -2.47. The molecule has 2 aliphatic rings. The fourth-order valence-corrected chi connectivity index (χ4v) is 8.95. The Kier molecular flexibility index (Phi) is 19.1. The maximum atomic E-state index is 14.3. The average molecular weight is 987 g/mol. The third kappa shape index (κ3) is 14.5. The minimum atomic E-state index is -1.99. The van der Waals surface area contributed by atoms with Gasteiger partial charge >= 0.3 is 29.8 Å². The zero-order chi connectivity index (χ0) is 52.3. The van der Waals surface area contributed by atoms with Gasteiger partial charge in [0.2, 0.25) is 17.4 Å². The van der Waals surface area contributed by atoms with Gasteiger partial charge in [-0.3, -0.25) is 24.0 Å². The van der Waals surface area contributed by atoms with Gasteiger partial charge in [-0.25, -0.2) is 19.4 Å². The van der Waals surface area contributed by atoms with Crippen LogP contribution >= 0.6 is 0 Å². The Labute approximate surface area is 416 Å². The molecular weight excluding hydrogens is 913 g/mol. The number of carbonyl (C=O) groups is 7. The number of nitrogens with one attached hydrogen (secondary N) is 2. The summed E-state index contributed by atoms with van der Waals surface area (Å²) in [6.45, 7) is 18.1. The lowest BCUT2D eigenvalue weighted by Gasteiger charge is -2.35. The van der Waals surface area contributed by atoms with Crippen LogP contribution in [0.1, 0.15) is 188 Å². The van der Waals surface area contributed by atoms with Crippen molar-refractivity contribution in [3.63, 3.8) is 0 Å². The Hall–Kier alpha value is -6.13. The van der Waals surface area contributed by atoms with Gasteiger partial charge in [0.1, 0.15) is 35.6 Å². The van der Waals surface area contributed by atoms with Gasteiger partial charge in [-0.15, -0.1) is 0 Å². The number of benzene rings is 1. The van der Waals surface area contributed by atoms with Crippen molar-refractivity contribution < 1.29 is 57.2 Å². The topological polar surface area (TPSA) is 225 Å². The van der Waals surface area contributed by atoms with E-state index in [2.05, 4.69) is 24.5 Å². The number of cyclic esters (lactones) is 1. The van der Waals surface area contributed by atoms with Gasteiger partial charge in [0.05, 0.1) is 41.9 Å². The minimum absolute atomic E-state index is 0.0751. The lowest BCUT2D eigenvalue weighted by atomic mass is 9.85. The second kappa shape index (κ2) is 24.3. The van der Waals surface area contributed by atoms with E-state index in [9.17, 15) is 38.4 Å². The molecule has 2 aromatic heterocycles. The van der Waals surface area contributed by atoms with E-state index in [1.54, 1.807) is 77.3 Å². The number of nitrogens with zero attached hydrogens (tertiary/aromatic N) is 2. The van der Waals surface area contributed by atoms with Crippen LogP contribution < -0.4 is 20.9 Å². The van der Waals surface area contributed by atoms with Gasteiger partial charge in [-0.1, -0.05) is 79.1 Å². The lowest BCUT2D eigenvalue weighted by molar-refractivity contribution is -0.189. The highest BCUT2D eigenvalue weighted by molar-refractivity contribution is 5.92. The smallest absolute Gasteiger partial charge is 0.355 e. The predicted octanol–water partition coefficient (Wildman–Crippen LogP) is 8.25. The number of hydrogen-bond donors (Lipinski definition) is 2. The zero-order valence-corrected chi connectivity index (χ0v) is 43.4. The number of ether oxygens (including phenoxy) is 5. The third-order valence-electron chi connectivity index (χ3n) is 12.5. The van der Waals surface area contributed by atoms with Gasteiger partial charge in [0.15, 0.2) is 0 Å². The van der Waals surface area contributed by atoms with Gasteiger partial charge in [0.25, 0.3) is 5.56 Å². The highest BCUT2D eigenvalue weighted by Crippen LogP contribution is 2.42. The summed E-state index contributed by atoms with van der Waals surface area (Å²) >= 11 is 0. The predicted molar refractivity (Wildman–Crippen MR) is 265 cm³/mol. The maximum absolute atomic E-state index is 14.3. The molecule has 0 saturated heterocycles. The molecule has 0 spiro atoms. The maximum Gasteiger partial charge on any atom is 0.355 e. The van der Waals surface area contributed by atoms with E-state index in [1.807, 2.05) is 6.92 Å². The van der Waals surface area contributed by atoms with Gasteiger partial charge < -0.3 is 38.9 Å². The number of unbranched alkanes of at least 4 members (excludes halogenated alkanes) is 6. The van der Waals surface area contributed by atoms with E-state index >= 15 is 0 Å². The molecule has 3 atom stereocenters. The monoisotopic (exact) mass is 987 g/mol. The van der Waals surface area contributed by atoms with Crippen LogP contribution in [-0.4, -0.2) is 74.5 Å². The Morgan fingerprint density at radius 2 is 1.30 bits per heavy atom. The Morgan fingerprint density at radius 3 is 1.82 bits per heavy atom. The van der Waals surface area contributed by atoms with Crippen LogP contribution in [0.4, 0.5) is 0 Å². The molecule has 1 aromatic carbocycles. The third-order valence-corrected chi connectivity index (χ3v) is 12.5. The molecule has 17 nitrogen and oxygen atoms in total. The fourth-order valence-electron chi connectivity index (χ4n) is 8.95. The van der Waals surface area contributed by atoms with Crippen LogP contribution in [0.2, 0.25) is 0 Å². The van der Waals surface area contributed by atoms with E-state index in [0.717, 1.165) is 56.1 Å². The number of fused-ring (bicyclic) bond motifs is 5. The summed E-state index contributed by atoms with van der Waals surface area (Å²) < 4.78 is 29.8. The van der Waals surface area contributed by atoms with Crippen LogP contribution in [0.25, 0.3) is 22.3 Å². The van der Waals surface area contributed by atoms with Crippen molar-refractivity contribution in [3.05, 3.63) is 56.9 Å². The van der Waals surface area contributed by atoms with E-state index in [4.69, 9.17) is 28.7 Å². The molecule has 0 fully saturated rings. The standard InChI is InChI=1S/C54H74N4O13/c1-11-15-17-19-21-40(49(64)70-52(5,6)7)55-43(59)25-27-45(61)68-33-23-24-39-35(29-33)34(13-3)36-31-58-42(47(36)57-39)30-38-37(48(58)63)32-67-51(66)54(38,14-4)69-46(62)28-26-44(60)56-41(22-20-18-16-12-2)50(65)71-53(8,9)10/h23-24,29-30,40-41H,11-22,25-28,31-32H2,1-10H3,(H,55,59)(H,56,60)/t40?,41?,54-/m0/s1. The highest BCUT2D eigenvalue weighted by atomic mass is 16.6. The van der Waals surface area contributed by atoms with Crippen molar-refractivity contribution >= 4 is 52.6 Å². The van der Waals surface area contributed by atoms with Crippen LogP contribution in [-0.2, 0) is 77.7 Å². The summed E-state index contributed by atoms with van der Waals surface area (Å²) in [6.07, 6.45) is 7.30. The minimum Gasteiger partial charge on any atom is -0.458 e. The summed E-state index contributed by atoms with van der Waals surface area (Å²) in [7, 11) is 0. The SMILES string of the molecule is CCCCCCC(NC(=O)CCC(=O)Oc1ccc2nc3c(c(CC)c2c1)Cn1c-3cc2c(c1=O)COC(=O)[C@@]2(CC)OC(=O)CCC(=O)NC(CCCCCC)C(=O)OC(C)(C)C)C(=O)OC(C)(C)C. The summed E-state index contributed by atoms with van der Waals surface area (Å²) in [5, 5.41) is 6.16. The van der Waals surface area contributed by atoms with Gasteiger partial charge in [-0.05, 0) is 97.1 Å². The number of hydrogen-bond acceptors (Lipinski definition) is 14. The summed E-state index contributed by atoms with van der Waals surface area (Å²) in [4.78, 5) is 112. The summed E-state index contributed by atoms with van der Waals surface area (Å²) in [5.74, 6) is -4.25. The molecule has 0 bridgehead atoms. The Morgan fingerprint density at radius 1 is 0.732 bits per heavy atom. The first-order valence-electron chi connectivity index (χ1n) is 25.4. The van der Waals surface area contributed by atoms with Crippen LogP contribution in [0.15, 0.2) is 29.1 Å². The number of esters is 5. The normalized spacial score (nSPS) is 15.9. The second-order valence-electron chi connectivity index (χ2n) is 20.5. The molecule has 71 heavy (non-hydrogen) atoms. The number of carbonyl (C=O) groups excluding carboxylic acids is 7. The van der Waals surface area contributed by atoms with Crippen molar-refractivity contribution in [1.29, 1.82) is 0 Å². The van der Waals surface area contributed by atoms with E-state index < -0.39 is 82.5 Å². The largest absolute Gasteiger partial charge is 0.458 e. The fraction of sp³-hybridized carbons (Fsp3) is 0.611. The van der Waals surface area contributed by atoms with Crippen LogP contribution in [0, 0.1) is 0 Å². The van der Waals surface area contributed by atoms with Crippen molar-refractivity contribution in [3.8, 4) is 17.1 Å². The summed E-state index contributed by atoms with van der Waals surface area (Å²) in [5.41, 5.74) is -0.532. The number of aryl methyl sites for hydroxylation is 1. The van der Waals surface area contributed by atoms with E-state index in [-0.39, 0.29) is 55.7 Å². The first kappa shape index (κ1) is 55.8. The molecule has 0 radical (unpaired) electrons. The molecule has 4 heterocycles. The molecule has 5 rings (SSSR count). The van der Waals surface area contributed by atoms with Gasteiger partial charge in [-0.2, -0.15) is 0 Å². The molecule has 0 aliphatic carbocycles. The Bertz CT molecular complexity index is 2530. The van der Waals surface area contributed by atoms with E-state index in [1.165, 1.54) is 0 Å². The van der Waals surface area contributed by atoms with Crippen molar-refractivity contribution in [2.24, 2.45) is 0 Å². The molecule has 17 heteroatoms. The molecule has 2 amide bonds. The second-order valence-corrected chi connectivity index (χ2v) is 20.5. The van der Waals surface area contributed by atoms with Crippen molar-refractivity contribution in [1.82, 2.24) is 20.2 Å². The first-order valence-corrected chi connectivity index (χ1v) is 25.4. The quantitative estimate of drug-likeness (QED) is 0.0292. The highest BCUT2D eigenvalue weighted by Gasteiger charge is 2.50. The molecule has 2 aliphatic heterocycles. The number of amides is 2. The van der Waals surface area contributed by atoms with Crippen molar-refractivity contribution in [2.75, 3.05) is 0 Å². The van der Waals surface area contributed by atoms with E-state index in [0.29, 0.717) is 48.0 Å². The molecule has 388 valence electrons. The van der Waals surface area contributed by atoms with Gasteiger partial charge in [0, 0.05) is 29.4 Å². The van der Waals surface area contributed by atoms with Crippen LogP contribution in [0.3, 0.4) is 0 Å².